The van der Waals surface area contributed by atoms with E-state index in [4.69, 9.17) is 0 Å². The highest BCUT2D eigenvalue weighted by Gasteiger charge is 2.23. The number of aryl methyl sites for hydroxylation is 1. The van der Waals surface area contributed by atoms with Crippen LogP contribution in [0.5, 0.6) is 0 Å². The number of rotatable bonds is 5. The van der Waals surface area contributed by atoms with E-state index in [-0.39, 0.29) is 0 Å². The van der Waals surface area contributed by atoms with Crippen LogP contribution in [0.2, 0.25) is 0 Å². The monoisotopic (exact) mass is 259 g/mol. The lowest BCUT2D eigenvalue weighted by atomic mass is 9.83. The number of hydrogen-bond acceptors (Lipinski definition) is 2. The van der Waals surface area contributed by atoms with Gasteiger partial charge in [0.25, 0.3) is 0 Å². The van der Waals surface area contributed by atoms with Gasteiger partial charge in [-0.15, -0.1) is 0 Å². The highest BCUT2D eigenvalue weighted by Crippen LogP contribution is 2.31. The second kappa shape index (κ2) is 5.91. The molecule has 0 atom stereocenters. The maximum atomic E-state index is 4.27. The average molecular weight is 259 g/mol. The van der Waals surface area contributed by atoms with Crippen LogP contribution in [0.15, 0.2) is 18.0 Å². The molecular formula is C16H25N3. The predicted octanol–water partition coefficient (Wildman–Crippen LogP) is 3.14. The summed E-state index contributed by atoms with van der Waals surface area (Å²) in [6.45, 7) is 1.07. The first-order valence-corrected chi connectivity index (χ1v) is 7.74. The molecule has 0 saturated heterocycles. The zero-order valence-corrected chi connectivity index (χ0v) is 11.9. The van der Waals surface area contributed by atoms with E-state index in [2.05, 4.69) is 22.7 Å². The third-order valence-corrected chi connectivity index (χ3v) is 4.38. The number of nitrogens with zero attached hydrogens (tertiary/aromatic N) is 2. The summed E-state index contributed by atoms with van der Waals surface area (Å²) < 4.78 is 1.89. The summed E-state index contributed by atoms with van der Waals surface area (Å²) in [6, 6.07) is 0.792. The lowest BCUT2D eigenvalue weighted by Gasteiger charge is -2.25. The van der Waals surface area contributed by atoms with E-state index in [1.807, 2.05) is 17.9 Å². The van der Waals surface area contributed by atoms with Gasteiger partial charge in [-0.2, -0.15) is 5.10 Å². The van der Waals surface area contributed by atoms with Crippen molar-refractivity contribution in [1.29, 1.82) is 0 Å². The molecule has 1 heterocycles. The Morgan fingerprint density at radius 1 is 1.32 bits per heavy atom. The standard InChI is InChI=1S/C16H25N3/c1-19-12-13(10-18-19)9-15(11-17-16-7-8-16)14-5-3-2-4-6-14/h9-10,12,14,16-17H,2-8,11H2,1H3. The zero-order valence-electron chi connectivity index (χ0n) is 11.9. The SMILES string of the molecule is Cn1cc(C=C(CNC2CC2)C2CCCCC2)cn1. The molecule has 3 rings (SSSR count). The fourth-order valence-electron chi connectivity index (χ4n) is 3.06. The van der Waals surface area contributed by atoms with Crippen LogP contribution >= 0.6 is 0 Å². The first-order valence-electron chi connectivity index (χ1n) is 7.74. The minimum Gasteiger partial charge on any atom is -0.310 e. The van der Waals surface area contributed by atoms with Gasteiger partial charge in [0.15, 0.2) is 0 Å². The Bertz CT molecular complexity index is 437. The van der Waals surface area contributed by atoms with Crippen LogP contribution < -0.4 is 5.32 Å². The van der Waals surface area contributed by atoms with E-state index < -0.39 is 0 Å². The molecule has 2 fully saturated rings. The minimum atomic E-state index is 0.792. The zero-order chi connectivity index (χ0) is 13.1. The molecule has 0 aromatic carbocycles. The van der Waals surface area contributed by atoms with Gasteiger partial charge in [0.1, 0.15) is 0 Å². The molecule has 19 heavy (non-hydrogen) atoms. The van der Waals surface area contributed by atoms with Crippen molar-refractivity contribution >= 4 is 6.08 Å². The molecular weight excluding hydrogens is 234 g/mol. The Hall–Kier alpha value is -1.09. The molecule has 104 valence electrons. The third kappa shape index (κ3) is 3.69. The van der Waals surface area contributed by atoms with E-state index in [1.165, 1.54) is 50.5 Å². The van der Waals surface area contributed by atoms with Crippen molar-refractivity contribution < 1.29 is 0 Å². The summed E-state index contributed by atoms with van der Waals surface area (Å²) in [7, 11) is 1.99. The number of aromatic nitrogens is 2. The summed E-state index contributed by atoms with van der Waals surface area (Å²) in [5.74, 6) is 0.792. The van der Waals surface area contributed by atoms with E-state index in [0.717, 1.165) is 18.5 Å². The first kappa shape index (κ1) is 12.9. The Morgan fingerprint density at radius 2 is 2.11 bits per heavy atom. The fourth-order valence-corrected chi connectivity index (χ4v) is 3.06. The summed E-state index contributed by atoms with van der Waals surface area (Å²) in [5, 5.41) is 7.96. The van der Waals surface area contributed by atoms with Gasteiger partial charge in [0, 0.05) is 31.4 Å². The molecule has 0 unspecified atom stereocenters. The molecule has 3 heteroatoms. The summed E-state index contributed by atoms with van der Waals surface area (Å²) in [6.07, 6.45) is 16.2. The molecule has 2 aliphatic rings. The van der Waals surface area contributed by atoms with E-state index in [0.29, 0.717) is 0 Å². The van der Waals surface area contributed by atoms with Crippen LogP contribution in [-0.2, 0) is 7.05 Å². The lowest BCUT2D eigenvalue weighted by molar-refractivity contribution is 0.396. The van der Waals surface area contributed by atoms with E-state index in [1.54, 1.807) is 5.57 Å². The van der Waals surface area contributed by atoms with Gasteiger partial charge in [0.05, 0.1) is 6.20 Å². The summed E-state index contributed by atoms with van der Waals surface area (Å²) in [4.78, 5) is 0. The van der Waals surface area contributed by atoms with Crippen molar-refractivity contribution in [3.8, 4) is 0 Å². The third-order valence-electron chi connectivity index (χ3n) is 4.38. The minimum absolute atomic E-state index is 0.792. The topological polar surface area (TPSA) is 29.9 Å². The quantitative estimate of drug-likeness (QED) is 0.880. The van der Waals surface area contributed by atoms with E-state index in [9.17, 15) is 0 Å². The Morgan fingerprint density at radius 3 is 2.74 bits per heavy atom. The van der Waals surface area contributed by atoms with Crippen molar-refractivity contribution in [3.05, 3.63) is 23.5 Å². The van der Waals surface area contributed by atoms with Crippen molar-refractivity contribution in [3.63, 3.8) is 0 Å². The maximum Gasteiger partial charge on any atom is 0.0562 e. The molecule has 1 aromatic rings. The first-order chi connectivity index (χ1) is 9.31. The molecule has 0 bridgehead atoms. The van der Waals surface area contributed by atoms with Crippen molar-refractivity contribution in [2.45, 2.75) is 51.0 Å². The lowest BCUT2D eigenvalue weighted by Crippen LogP contribution is -2.23. The molecule has 2 saturated carbocycles. The summed E-state index contributed by atoms with van der Waals surface area (Å²) >= 11 is 0. The largest absolute Gasteiger partial charge is 0.310 e. The normalized spacial score (nSPS) is 21.8. The highest BCUT2D eigenvalue weighted by atomic mass is 15.2. The molecule has 0 spiro atoms. The highest BCUT2D eigenvalue weighted by molar-refractivity contribution is 5.52. The molecule has 0 aliphatic heterocycles. The summed E-state index contributed by atoms with van der Waals surface area (Å²) in [5.41, 5.74) is 2.85. The van der Waals surface area contributed by atoms with Gasteiger partial charge in [-0.3, -0.25) is 4.68 Å². The average Bonchev–Trinajstić information content (AvgIpc) is 3.18. The molecule has 0 radical (unpaired) electrons. The van der Waals surface area contributed by atoms with Gasteiger partial charge >= 0.3 is 0 Å². The fraction of sp³-hybridized carbons (Fsp3) is 0.688. The molecule has 0 amide bonds. The van der Waals surface area contributed by atoms with Crippen molar-refractivity contribution in [2.24, 2.45) is 13.0 Å². The van der Waals surface area contributed by atoms with Gasteiger partial charge in [-0.25, -0.2) is 0 Å². The van der Waals surface area contributed by atoms with Gasteiger partial charge < -0.3 is 5.32 Å². The van der Waals surface area contributed by atoms with Crippen LogP contribution in [0.4, 0.5) is 0 Å². The van der Waals surface area contributed by atoms with Crippen LogP contribution in [0.1, 0.15) is 50.5 Å². The smallest absolute Gasteiger partial charge is 0.0562 e. The molecule has 1 aromatic heterocycles. The Labute approximate surface area is 116 Å². The van der Waals surface area contributed by atoms with Crippen LogP contribution in [-0.4, -0.2) is 22.4 Å². The number of nitrogens with one attached hydrogen (secondary N) is 1. The number of hydrogen-bond donors (Lipinski definition) is 1. The van der Waals surface area contributed by atoms with Gasteiger partial charge in [-0.05, 0) is 31.6 Å². The van der Waals surface area contributed by atoms with Crippen LogP contribution in [0, 0.1) is 5.92 Å². The molecule has 1 N–H and O–H groups in total. The second-order valence-electron chi connectivity index (χ2n) is 6.16. The maximum absolute atomic E-state index is 4.27. The Kier molecular flexibility index (Phi) is 4.02. The Balaban J connectivity index is 1.71. The predicted molar refractivity (Wildman–Crippen MR) is 78.8 cm³/mol. The second-order valence-corrected chi connectivity index (χ2v) is 6.16. The molecule has 2 aliphatic carbocycles. The van der Waals surface area contributed by atoms with Crippen molar-refractivity contribution in [2.75, 3.05) is 6.54 Å². The van der Waals surface area contributed by atoms with Gasteiger partial charge in [-0.1, -0.05) is 30.9 Å². The van der Waals surface area contributed by atoms with Gasteiger partial charge in [0.2, 0.25) is 0 Å². The molecule has 3 nitrogen and oxygen atoms in total. The van der Waals surface area contributed by atoms with Crippen LogP contribution in [0.3, 0.4) is 0 Å². The van der Waals surface area contributed by atoms with Crippen LogP contribution in [0.25, 0.3) is 6.08 Å². The van der Waals surface area contributed by atoms with E-state index >= 15 is 0 Å². The van der Waals surface area contributed by atoms with Crippen molar-refractivity contribution in [1.82, 2.24) is 15.1 Å².